The fourth-order valence-electron chi connectivity index (χ4n) is 1.92. The number of thioether (sulfide) groups is 1. The van der Waals surface area contributed by atoms with Crippen LogP contribution >= 0.6 is 11.8 Å². The summed E-state index contributed by atoms with van der Waals surface area (Å²) in [5.74, 6) is 0.642. The van der Waals surface area contributed by atoms with Gasteiger partial charge in [0.2, 0.25) is 0 Å². The first-order valence-corrected chi connectivity index (χ1v) is 7.32. The number of hydrogen-bond acceptors (Lipinski definition) is 2. The van der Waals surface area contributed by atoms with Crippen LogP contribution in [0.1, 0.15) is 11.1 Å². The van der Waals surface area contributed by atoms with E-state index >= 15 is 0 Å². The van der Waals surface area contributed by atoms with Crippen molar-refractivity contribution < 1.29 is 4.39 Å². The molecule has 2 aromatic carbocycles. The Balaban J connectivity index is 1.90. The van der Waals surface area contributed by atoms with Gasteiger partial charge in [0, 0.05) is 16.7 Å². The van der Waals surface area contributed by atoms with E-state index in [-0.39, 0.29) is 11.9 Å². The summed E-state index contributed by atoms with van der Waals surface area (Å²) in [7, 11) is 0. The van der Waals surface area contributed by atoms with E-state index in [2.05, 4.69) is 12.1 Å². The summed E-state index contributed by atoms with van der Waals surface area (Å²) in [5, 5.41) is 0. The molecule has 0 saturated carbocycles. The summed E-state index contributed by atoms with van der Waals surface area (Å²) >= 11 is 1.74. The zero-order chi connectivity index (χ0) is 13.7. The van der Waals surface area contributed by atoms with E-state index in [1.165, 1.54) is 11.0 Å². The molecule has 100 valence electrons. The van der Waals surface area contributed by atoms with Crippen molar-refractivity contribution in [3.63, 3.8) is 0 Å². The second kappa shape index (κ2) is 6.73. The minimum Gasteiger partial charge on any atom is -0.327 e. The zero-order valence-electron chi connectivity index (χ0n) is 11.0. The van der Waals surface area contributed by atoms with Crippen LogP contribution in [0, 0.1) is 12.7 Å². The van der Waals surface area contributed by atoms with Gasteiger partial charge >= 0.3 is 0 Å². The third-order valence-electron chi connectivity index (χ3n) is 3.00. The first-order valence-electron chi connectivity index (χ1n) is 6.33. The van der Waals surface area contributed by atoms with Gasteiger partial charge in [-0.15, -0.1) is 11.8 Å². The molecule has 0 aliphatic rings. The molecule has 0 saturated heterocycles. The molecule has 1 atom stereocenters. The normalized spacial score (nSPS) is 12.4. The van der Waals surface area contributed by atoms with Gasteiger partial charge in [0.25, 0.3) is 0 Å². The molecule has 0 fully saturated rings. The molecule has 2 rings (SSSR count). The van der Waals surface area contributed by atoms with Crippen LogP contribution in [0.2, 0.25) is 0 Å². The van der Waals surface area contributed by atoms with E-state index in [1.807, 2.05) is 31.2 Å². The maximum atomic E-state index is 13.2. The van der Waals surface area contributed by atoms with E-state index < -0.39 is 0 Å². The molecule has 0 aliphatic heterocycles. The SMILES string of the molecule is Cc1ccc(F)cc1CC(N)CSc1ccccc1. The van der Waals surface area contributed by atoms with Crippen LogP contribution < -0.4 is 5.73 Å². The lowest BCUT2D eigenvalue weighted by molar-refractivity contribution is 0.622. The van der Waals surface area contributed by atoms with Crippen molar-refractivity contribution in [2.75, 3.05) is 5.75 Å². The molecule has 0 spiro atoms. The van der Waals surface area contributed by atoms with Crippen molar-refractivity contribution >= 4 is 11.8 Å². The Kier molecular flexibility index (Phi) is 5.00. The van der Waals surface area contributed by atoms with Gasteiger partial charge < -0.3 is 5.73 Å². The van der Waals surface area contributed by atoms with Crippen LogP contribution in [0.5, 0.6) is 0 Å². The van der Waals surface area contributed by atoms with E-state index in [0.29, 0.717) is 6.42 Å². The molecule has 0 bridgehead atoms. The van der Waals surface area contributed by atoms with Gasteiger partial charge in [0.1, 0.15) is 5.82 Å². The Morgan fingerprint density at radius 3 is 2.63 bits per heavy atom. The van der Waals surface area contributed by atoms with Crippen LogP contribution in [0.3, 0.4) is 0 Å². The average molecular weight is 275 g/mol. The van der Waals surface area contributed by atoms with Crippen LogP contribution in [0.15, 0.2) is 53.4 Å². The molecule has 0 heterocycles. The highest BCUT2D eigenvalue weighted by Crippen LogP contribution is 2.19. The third-order valence-corrected chi connectivity index (χ3v) is 4.20. The summed E-state index contributed by atoms with van der Waals surface area (Å²) < 4.78 is 13.2. The largest absolute Gasteiger partial charge is 0.327 e. The summed E-state index contributed by atoms with van der Waals surface area (Å²) in [6, 6.07) is 15.1. The predicted molar refractivity (Wildman–Crippen MR) is 80.0 cm³/mol. The molecular formula is C16H18FNS. The third kappa shape index (κ3) is 4.37. The Morgan fingerprint density at radius 1 is 1.16 bits per heavy atom. The van der Waals surface area contributed by atoms with Crippen molar-refractivity contribution in [2.45, 2.75) is 24.3 Å². The number of nitrogens with two attached hydrogens (primary N) is 1. The average Bonchev–Trinajstić information content (AvgIpc) is 2.42. The molecular weight excluding hydrogens is 257 g/mol. The molecule has 3 heteroatoms. The van der Waals surface area contributed by atoms with E-state index in [0.717, 1.165) is 16.9 Å². The zero-order valence-corrected chi connectivity index (χ0v) is 11.8. The van der Waals surface area contributed by atoms with Crippen molar-refractivity contribution in [2.24, 2.45) is 5.73 Å². The summed E-state index contributed by atoms with van der Waals surface area (Å²) in [6.45, 7) is 1.99. The minimum absolute atomic E-state index is 0.0331. The summed E-state index contributed by atoms with van der Waals surface area (Å²) in [6.07, 6.45) is 0.712. The van der Waals surface area contributed by atoms with E-state index in [4.69, 9.17) is 5.73 Å². The van der Waals surface area contributed by atoms with Gasteiger partial charge in [0.05, 0.1) is 0 Å². The predicted octanol–water partition coefficient (Wildman–Crippen LogP) is 3.80. The second-order valence-electron chi connectivity index (χ2n) is 4.66. The fraction of sp³-hybridized carbons (Fsp3) is 0.250. The quantitative estimate of drug-likeness (QED) is 0.840. The monoisotopic (exact) mass is 275 g/mol. The first kappa shape index (κ1) is 14.1. The molecule has 1 nitrogen and oxygen atoms in total. The highest BCUT2D eigenvalue weighted by molar-refractivity contribution is 7.99. The van der Waals surface area contributed by atoms with Crippen LogP contribution in [0.4, 0.5) is 4.39 Å². The lowest BCUT2D eigenvalue weighted by Gasteiger charge is -2.13. The smallest absolute Gasteiger partial charge is 0.123 e. The highest BCUT2D eigenvalue weighted by Gasteiger charge is 2.08. The molecule has 2 aromatic rings. The maximum absolute atomic E-state index is 13.2. The summed E-state index contributed by atoms with van der Waals surface area (Å²) in [4.78, 5) is 1.22. The summed E-state index contributed by atoms with van der Waals surface area (Å²) in [5.41, 5.74) is 8.23. The number of rotatable bonds is 5. The van der Waals surface area contributed by atoms with Gasteiger partial charge in [-0.2, -0.15) is 0 Å². The lowest BCUT2D eigenvalue weighted by Crippen LogP contribution is -2.26. The maximum Gasteiger partial charge on any atom is 0.123 e. The minimum atomic E-state index is -0.191. The molecule has 0 aliphatic carbocycles. The second-order valence-corrected chi connectivity index (χ2v) is 5.75. The van der Waals surface area contributed by atoms with Gasteiger partial charge in [-0.25, -0.2) is 4.39 Å². The Hall–Kier alpha value is -1.32. The molecule has 19 heavy (non-hydrogen) atoms. The molecule has 2 N–H and O–H groups in total. The van der Waals surface area contributed by atoms with E-state index in [1.54, 1.807) is 17.8 Å². The van der Waals surface area contributed by atoms with Gasteiger partial charge in [-0.05, 0) is 48.7 Å². The molecule has 1 unspecified atom stereocenters. The van der Waals surface area contributed by atoms with Crippen molar-refractivity contribution in [1.29, 1.82) is 0 Å². The van der Waals surface area contributed by atoms with Gasteiger partial charge in [0.15, 0.2) is 0 Å². The number of hydrogen-bond donors (Lipinski definition) is 1. The van der Waals surface area contributed by atoms with Crippen molar-refractivity contribution in [3.8, 4) is 0 Å². The Morgan fingerprint density at radius 2 is 1.89 bits per heavy atom. The Labute approximate surface area is 118 Å². The molecule has 0 aromatic heterocycles. The van der Waals surface area contributed by atoms with Crippen LogP contribution in [0.25, 0.3) is 0 Å². The topological polar surface area (TPSA) is 26.0 Å². The van der Waals surface area contributed by atoms with Crippen LogP contribution in [-0.4, -0.2) is 11.8 Å². The standard InChI is InChI=1S/C16H18FNS/c1-12-7-8-14(17)9-13(12)10-15(18)11-19-16-5-3-2-4-6-16/h2-9,15H,10-11,18H2,1H3. The number of halogens is 1. The van der Waals surface area contributed by atoms with Crippen molar-refractivity contribution in [1.82, 2.24) is 0 Å². The van der Waals surface area contributed by atoms with Gasteiger partial charge in [-0.1, -0.05) is 24.3 Å². The van der Waals surface area contributed by atoms with E-state index in [9.17, 15) is 4.39 Å². The highest BCUT2D eigenvalue weighted by atomic mass is 32.2. The van der Waals surface area contributed by atoms with Crippen molar-refractivity contribution in [3.05, 3.63) is 65.5 Å². The lowest BCUT2D eigenvalue weighted by atomic mass is 10.0. The first-order chi connectivity index (χ1) is 9.15. The number of benzene rings is 2. The Bertz CT molecular complexity index is 528. The van der Waals surface area contributed by atoms with Gasteiger partial charge in [-0.3, -0.25) is 0 Å². The number of aryl methyl sites for hydroxylation is 1. The fourth-order valence-corrected chi connectivity index (χ4v) is 2.80. The molecule has 0 amide bonds. The van der Waals surface area contributed by atoms with Crippen LogP contribution in [-0.2, 0) is 6.42 Å². The molecule has 0 radical (unpaired) electrons.